The highest BCUT2D eigenvalue weighted by atomic mass is 79.9. The Kier molecular flexibility index (Phi) is 2.55. The predicted molar refractivity (Wildman–Crippen MR) is 65.2 cm³/mol. The number of rotatable bonds is 2. The molecule has 0 spiro atoms. The molecule has 0 unspecified atom stereocenters. The summed E-state index contributed by atoms with van der Waals surface area (Å²) in [6, 6.07) is 6.23. The van der Waals surface area contributed by atoms with Gasteiger partial charge in [-0.1, -0.05) is 35.8 Å². The highest BCUT2D eigenvalue weighted by Crippen LogP contribution is 2.60. The monoisotopic (exact) mass is 269 g/mol. The zero-order valence-electron chi connectivity index (χ0n) is 9.25. The van der Waals surface area contributed by atoms with E-state index in [2.05, 4.69) is 29.8 Å². The third kappa shape index (κ3) is 1.58. The van der Waals surface area contributed by atoms with Crippen LogP contribution in [-0.2, 0) is 0 Å². The van der Waals surface area contributed by atoms with Gasteiger partial charge in [-0.15, -0.1) is 0 Å². The second-order valence-corrected chi connectivity index (χ2v) is 5.53. The molecule has 0 bridgehead atoms. The number of halogens is 1. The largest absolute Gasteiger partial charge is 0.496 e. The van der Waals surface area contributed by atoms with Crippen molar-refractivity contribution in [2.24, 2.45) is 11.1 Å². The van der Waals surface area contributed by atoms with E-state index in [-0.39, 0.29) is 11.5 Å². The van der Waals surface area contributed by atoms with Crippen molar-refractivity contribution >= 4 is 15.9 Å². The van der Waals surface area contributed by atoms with Gasteiger partial charge in [-0.2, -0.15) is 0 Å². The van der Waals surface area contributed by atoms with Gasteiger partial charge >= 0.3 is 0 Å². The first-order valence-corrected chi connectivity index (χ1v) is 5.87. The van der Waals surface area contributed by atoms with Crippen molar-refractivity contribution < 1.29 is 4.74 Å². The molecule has 2 N–H and O–H groups in total. The van der Waals surface area contributed by atoms with Gasteiger partial charge in [-0.3, -0.25) is 0 Å². The van der Waals surface area contributed by atoms with Gasteiger partial charge in [0.2, 0.25) is 0 Å². The molecule has 1 aromatic carbocycles. The fourth-order valence-electron chi connectivity index (χ4n) is 2.23. The first-order valence-electron chi connectivity index (χ1n) is 5.08. The zero-order chi connectivity index (χ0) is 11.2. The van der Waals surface area contributed by atoms with E-state index < -0.39 is 0 Å². The smallest absolute Gasteiger partial charge is 0.123 e. The quantitative estimate of drug-likeness (QED) is 0.896. The van der Waals surface area contributed by atoms with E-state index in [4.69, 9.17) is 10.5 Å². The van der Waals surface area contributed by atoms with Crippen molar-refractivity contribution in [1.82, 2.24) is 0 Å². The minimum absolute atomic E-state index is 0.178. The Labute approximate surface area is 98.9 Å². The second-order valence-electron chi connectivity index (χ2n) is 4.68. The molecule has 1 aliphatic carbocycles. The molecule has 0 saturated heterocycles. The van der Waals surface area contributed by atoms with Crippen LogP contribution < -0.4 is 10.5 Å². The van der Waals surface area contributed by atoms with Crippen LogP contribution in [0.3, 0.4) is 0 Å². The summed E-state index contributed by atoms with van der Waals surface area (Å²) in [5.74, 6) is 1.32. The Morgan fingerprint density at radius 3 is 2.47 bits per heavy atom. The molecule has 0 aromatic heterocycles. The van der Waals surface area contributed by atoms with Gasteiger partial charge in [-0.25, -0.2) is 0 Å². The molecule has 1 aromatic rings. The maximum atomic E-state index is 6.09. The third-order valence-electron chi connectivity index (χ3n) is 3.45. The van der Waals surface area contributed by atoms with Gasteiger partial charge in [0.25, 0.3) is 0 Å². The molecule has 0 radical (unpaired) electrons. The van der Waals surface area contributed by atoms with Crippen molar-refractivity contribution in [3.8, 4) is 5.75 Å². The average Bonchev–Trinajstić information content (AvgIpc) is 2.66. The Morgan fingerprint density at radius 1 is 1.40 bits per heavy atom. The number of benzene rings is 1. The molecule has 1 fully saturated rings. The molecule has 2 atom stereocenters. The lowest BCUT2D eigenvalue weighted by molar-refractivity contribution is 0.407. The van der Waals surface area contributed by atoms with Crippen LogP contribution in [0.2, 0.25) is 0 Å². The van der Waals surface area contributed by atoms with Crippen LogP contribution >= 0.6 is 15.9 Å². The summed E-state index contributed by atoms with van der Waals surface area (Å²) in [5, 5.41) is 0. The number of methoxy groups -OCH3 is 1. The van der Waals surface area contributed by atoms with Crippen LogP contribution in [0.5, 0.6) is 5.75 Å². The fraction of sp³-hybridized carbons (Fsp3) is 0.500. The van der Waals surface area contributed by atoms with Crippen LogP contribution in [0, 0.1) is 5.41 Å². The Bertz CT molecular complexity index is 389. The Hall–Kier alpha value is -0.540. The summed E-state index contributed by atoms with van der Waals surface area (Å²) in [7, 11) is 1.70. The van der Waals surface area contributed by atoms with Crippen molar-refractivity contribution in [3.05, 3.63) is 28.2 Å². The highest BCUT2D eigenvalue weighted by Gasteiger charge is 2.57. The van der Waals surface area contributed by atoms with Gasteiger partial charge in [0.1, 0.15) is 5.75 Å². The molecular weight excluding hydrogens is 254 g/mol. The normalized spacial score (nSPS) is 27.5. The first-order chi connectivity index (χ1) is 7.00. The van der Waals surface area contributed by atoms with E-state index in [0.29, 0.717) is 5.92 Å². The lowest BCUT2D eigenvalue weighted by Crippen LogP contribution is -2.06. The summed E-state index contributed by atoms with van der Waals surface area (Å²) in [5.41, 5.74) is 7.48. The second kappa shape index (κ2) is 3.49. The molecular formula is C12H16BrNO. The van der Waals surface area contributed by atoms with Crippen LogP contribution in [0.15, 0.2) is 22.7 Å². The van der Waals surface area contributed by atoms with E-state index >= 15 is 0 Å². The molecule has 1 aliphatic rings. The SMILES string of the molecule is COc1cccc(Br)c1[C@H]1[C@H](N)C1(C)C. The minimum atomic E-state index is 0.178. The van der Waals surface area contributed by atoms with E-state index in [1.165, 1.54) is 5.56 Å². The molecule has 1 saturated carbocycles. The van der Waals surface area contributed by atoms with E-state index in [1.807, 2.05) is 18.2 Å². The Morgan fingerprint density at radius 2 is 2.00 bits per heavy atom. The summed E-state index contributed by atoms with van der Waals surface area (Å²) < 4.78 is 6.47. The average molecular weight is 270 g/mol. The number of ether oxygens (including phenoxy) is 1. The first kappa shape index (κ1) is 11.0. The lowest BCUT2D eigenvalue weighted by atomic mass is 10.0. The summed E-state index contributed by atoms with van der Waals surface area (Å²) in [4.78, 5) is 0. The molecule has 15 heavy (non-hydrogen) atoms. The van der Waals surface area contributed by atoms with Crippen LogP contribution in [0.4, 0.5) is 0 Å². The van der Waals surface area contributed by atoms with E-state index in [1.54, 1.807) is 7.11 Å². The van der Waals surface area contributed by atoms with Crippen LogP contribution in [-0.4, -0.2) is 13.2 Å². The molecule has 82 valence electrons. The van der Waals surface area contributed by atoms with Crippen molar-refractivity contribution in [2.75, 3.05) is 7.11 Å². The van der Waals surface area contributed by atoms with Crippen LogP contribution in [0.1, 0.15) is 25.3 Å². The highest BCUT2D eigenvalue weighted by molar-refractivity contribution is 9.10. The lowest BCUT2D eigenvalue weighted by Gasteiger charge is -2.11. The number of hydrogen-bond acceptors (Lipinski definition) is 2. The van der Waals surface area contributed by atoms with Gasteiger partial charge in [0.15, 0.2) is 0 Å². The summed E-state index contributed by atoms with van der Waals surface area (Å²) in [6.07, 6.45) is 0. The molecule has 3 heteroatoms. The van der Waals surface area contributed by atoms with Crippen molar-refractivity contribution in [1.29, 1.82) is 0 Å². The minimum Gasteiger partial charge on any atom is -0.496 e. The zero-order valence-corrected chi connectivity index (χ0v) is 10.8. The fourth-order valence-corrected chi connectivity index (χ4v) is 2.82. The van der Waals surface area contributed by atoms with Crippen LogP contribution in [0.25, 0.3) is 0 Å². The van der Waals surface area contributed by atoms with Gasteiger partial charge < -0.3 is 10.5 Å². The predicted octanol–water partition coefficient (Wildman–Crippen LogP) is 2.91. The van der Waals surface area contributed by atoms with Gasteiger partial charge in [0, 0.05) is 22.0 Å². The maximum Gasteiger partial charge on any atom is 0.123 e. The number of nitrogens with two attached hydrogens (primary N) is 1. The maximum absolute atomic E-state index is 6.09. The molecule has 0 amide bonds. The topological polar surface area (TPSA) is 35.2 Å². The third-order valence-corrected chi connectivity index (χ3v) is 4.15. The van der Waals surface area contributed by atoms with E-state index in [9.17, 15) is 0 Å². The van der Waals surface area contributed by atoms with Gasteiger partial charge in [-0.05, 0) is 17.5 Å². The van der Waals surface area contributed by atoms with Crippen molar-refractivity contribution in [2.45, 2.75) is 25.8 Å². The number of hydrogen-bond donors (Lipinski definition) is 1. The van der Waals surface area contributed by atoms with Gasteiger partial charge in [0.05, 0.1) is 7.11 Å². The summed E-state index contributed by atoms with van der Waals surface area (Å²) in [6.45, 7) is 4.39. The molecule has 2 nitrogen and oxygen atoms in total. The van der Waals surface area contributed by atoms with E-state index in [0.717, 1.165) is 10.2 Å². The standard InChI is InChI=1S/C12H16BrNO/c1-12(2)10(11(12)14)9-7(13)5-4-6-8(9)15-3/h4-6,10-11H,14H2,1-3H3/t10-,11-/m0/s1. The Balaban J connectivity index is 2.45. The molecule has 0 heterocycles. The molecule has 0 aliphatic heterocycles. The summed E-state index contributed by atoms with van der Waals surface area (Å²) >= 11 is 3.57. The molecule has 2 rings (SSSR count). The van der Waals surface area contributed by atoms with Crippen molar-refractivity contribution in [3.63, 3.8) is 0 Å².